The standard InChI is InChI=1S/C12H11P.2C5H5.Fe/c1-3-7-11(8-4-1)13-12-9-5-2-6-10-12;2*1-2-4-5-3-1;/h1-10,13H;2*1-3H,4H2;/q;2*-1;+2. The zero-order chi connectivity index (χ0) is 16.0. The molecule has 0 aromatic heterocycles. The van der Waals surface area contributed by atoms with Crippen LogP contribution in [0.1, 0.15) is 12.8 Å². The molecule has 0 fully saturated rings. The molecule has 24 heavy (non-hydrogen) atoms. The molecule has 0 N–H and O–H groups in total. The molecular formula is C22H21FeP. The van der Waals surface area contributed by atoms with Gasteiger partial charge in [-0.3, -0.25) is 12.2 Å². The first-order valence-electron chi connectivity index (χ1n) is 7.76. The maximum absolute atomic E-state index is 2.99. The molecule has 0 aliphatic heterocycles. The number of allylic oxidation sites excluding steroid dienone is 8. The summed E-state index contributed by atoms with van der Waals surface area (Å²) in [5, 5.41) is 2.79. The van der Waals surface area contributed by atoms with Crippen molar-refractivity contribution >= 4 is 19.2 Å². The molecule has 0 saturated heterocycles. The van der Waals surface area contributed by atoms with E-state index < -0.39 is 0 Å². The fourth-order valence-electron chi connectivity index (χ4n) is 1.89. The van der Waals surface area contributed by atoms with Crippen LogP contribution in [0.15, 0.2) is 97.1 Å². The van der Waals surface area contributed by atoms with Gasteiger partial charge < -0.3 is 0 Å². The SMILES string of the molecule is [C-]1=CC=CC1.[C-]1=CC=CC1.[Fe+2].c1ccc(Pc2ccccc2)cc1. The monoisotopic (exact) mass is 372 g/mol. The molecule has 2 aromatic carbocycles. The first-order valence-corrected chi connectivity index (χ1v) is 8.76. The van der Waals surface area contributed by atoms with Crippen LogP contribution in [0.2, 0.25) is 0 Å². The van der Waals surface area contributed by atoms with Gasteiger partial charge in [0, 0.05) is 0 Å². The maximum atomic E-state index is 2.99. The van der Waals surface area contributed by atoms with Crippen LogP contribution in [-0.4, -0.2) is 0 Å². The van der Waals surface area contributed by atoms with Gasteiger partial charge in [-0.15, -0.1) is 12.8 Å². The topological polar surface area (TPSA) is 0 Å². The Morgan fingerprint density at radius 2 is 1.04 bits per heavy atom. The Kier molecular flexibility index (Phi) is 11.7. The van der Waals surface area contributed by atoms with Gasteiger partial charge in [-0.25, -0.2) is 24.3 Å². The van der Waals surface area contributed by atoms with Crippen LogP contribution >= 0.6 is 8.58 Å². The van der Waals surface area contributed by atoms with Crippen LogP contribution in [0.4, 0.5) is 0 Å². The average molecular weight is 372 g/mol. The molecule has 0 spiro atoms. The Labute approximate surface area is 158 Å². The van der Waals surface area contributed by atoms with Crippen molar-refractivity contribution in [2.45, 2.75) is 12.8 Å². The van der Waals surface area contributed by atoms with Crippen LogP contribution in [-0.2, 0) is 17.1 Å². The van der Waals surface area contributed by atoms with E-state index in [0.717, 1.165) is 21.4 Å². The smallest absolute Gasteiger partial charge is 0.273 e. The van der Waals surface area contributed by atoms with Crippen molar-refractivity contribution in [2.75, 3.05) is 0 Å². The summed E-state index contributed by atoms with van der Waals surface area (Å²) >= 11 is 0. The second kappa shape index (κ2) is 13.8. The Morgan fingerprint density at radius 3 is 1.29 bits per heavy atom. The summed E-state index contributed by atoms with van der Waals surface area (Å²) in [6.45, 7) is 0. The van der Waals surface area contributed by atoms with Gasteiger partial charge in [0.1, 0.15) is 0 Å². The third-order valence-corrected chi connectivity index (χ3v) is 4.25. The molecule has 0 radical (unpaired) electrons. The Hall–Kier alpha value is -1.65. The third-order valence-electron chi connectivity index (χ3n) is 3.01. The van der Waals surface area contributed by atoms with Crippen LogP contribution < -0.4 is 10.6 Å². The van der Waals surface area contributed by atoms with Crippen LogP contribution in [0.25, 0.3) is 0 Å². The van der Waals surface area contributed by atoms with Gasteiger partial charge in [-0.1, -0.05) is 69.2 Å². The van der Waals surface area contributed by atoms with Crippen molar-refractivity contribution in [3.63, 3.8) is 0 Å². The number of rotatable bonds is 2. The number of benzene rings is 2. The van der Waals surface area contributed by atoms with Gasteiger partial charge in [0.05, 0.1) is 0 Å². The van der Waals surface area contributed by atoms with E-state index in [-0.39, 0.29) is 17.1 Å². The van der Waals surface area contributed by atoms with Gasteiger partial charge in [-0.2, -0.15) is 12.2 Å². The van der Waals surface area contributed by atoms with E-state index in [9.17, 15) is 0 Å². The second-order valence-electron chi connectivity index (χ2n) is 4.86. The van der Waals surface area contributed by atoms with Crippen molar-refractivity contribution in [3.8, 4) is 0 Å². The molecule has 0 amide bonds. The fourth-order valence-corrected chi connectivity index (χ4v) is 2.94. The summed E-state index contributed by atoms with van der Waals surface area (Å²) in [6, 6.07) is 21.2. The zero-order valence-electron chi connectivity index (χ0n) is 13.5. The molecule has 0 atom stereocenters. The zero-order valence-corrected chi connectivity index (χ0v) is 15.6. The quantitative estimate of drug-likeness (QED) is 0.399. The minimum atomic E-state index is 0. The molecule has 2 aromatic rings. The van der Waals surface area contributed by atoms with Crippen molar-refractivity contribution in [2.24, 2.45) is 0 Å². The summed E-state index contributed by atoms with van der Waals surface area (Å²) in [7, 11) is 0.777. The molecule has 2 aliphatic carbocycles. The molecule has 2 aliphatic rings. The molecule has 4 rings (SSSR count). The van der Waals surface area contributed by atoms with Crippen LogP contribution in [0, 0.1) is 12.2 Å². The molecule has 0 nitrogen and oxygen atoms in total. The van der Waals surface area contributed by atoms with E-state index in [4.69, 9.17) is 0 Å². The van der Waals surface area contributed by atoms with E-state index in [1.165, 1.54) is 10.6 Å². The van der Waals surface area contributed by atoms with E-state index in [1.54, 1.807) is 0 Å². The van der Waals surface area contributed by atoms with Gasteiger partial charge in [0.2, 0.25) is 0 Å². The molecular weight excluding hydrogens is 351 g/mol. The Bertz CT molecular complexity index is 575. The second-order valence-corrected chi connectivity index (χ2v) is 6.27. The summed E-state index contributed by atoms with van der Waals surface area (Å²) in [5.41, 5.74) is 0. The van der Waals surface area contributed by atoms with E-state index >= 15 is 0 Å². The van der Waals surface area contributed by atoms with Crippen LogP contribution in [0.5, 0.6) is 0 Å². The molecule has 0 saturated carbocycles. The number of hydrogen-bond acceptors (Lipinski definition) is 0. The minimum absolute atomic E-state index is 0. The van der Waals surface area contributed by atoms with Crippen molar-refractivity contribution in [1.82, 2.24) is 0 Å². The number of hydrogen-bond donors (Lipinski definition) is 0. The van der Waals surface area contributed by atoms with Crippen molar-refractivity contribution in [1.29, 1.82) is 0 Å². The summed E-state index contributed by atoms with van der Waals surface area (Å²) in [4.78, 5) is 0. The van der Waals surface area contributed by atoms with Gasteiger partial charge in [0.15, 0.2) is 0 Å². The van der Waals surface area contributed by atoms with Crippen molar-refractivity contribution < 1.29 is 17.1 Å². The summed E-state index contributed by atoms with van der Waals surface area (Å²) in [6.07, 6.45) is 20.0. The first-order chi connectivity index (χ1) is 11.4. The Balaban J connectivity index is 0.000000216. The summed E-state index contributed by atoms with van der Waals surface area (Å²) < 4.78 is 0. The third kappa shape index (κ3) is 9.48. The van der Waals surface area contributed by atoms with Crippen LogP contribution in [0.3, 0.4) is 0 Å². The van der Waals surface area contributed by atoms with E-state index in [2.05, 4.69) is 85.0 Å². The normalized spacial score (nSPS) is 12.7. The average Bonchev–Trinajstić information content (AvgIpc) is 3.35. The summed E-state index contributed by atoms with van der Waals surface area (Å²) in [5.74, 6) is 0. The molecule has 0 heterocycles. The van der Waals surface area contributed by atoms with Gasteiger partial charge in [0.25, 0.3) is 0 Å². The molecule has 2 heteroatoms. The van der Waals surface area contributed by atoms with Crippen molar-refractivity contribution in [3.05, 3.63) is 109 Å². The first kappa shape index (κ1) is 20.4. The predicted octanol–water partition coefficient (Wildman–Crippen LogP) is 4.92. The van der Waals surface area contributed by atoms with Gasteiger partial charge >= 0.3 is 17.1 Å². The van der Waals surface area contributed by atoms with E-state index in [0.29, 0.717) is 0 Å². The minimum Gasteiger partial charge on any atom is -0.273 e. The van der Waals surface area contributed by atoms with Gasteiger partial charge in [-0.05, 0) is 10.6 Å². The predicted molar refractivity (Wildman–Crippen MR) is 104 cm³/mol. The molecule has 0 unspecified atom stereocenters. The van der Waals surface area contributed by atoms with E-state index in [1.807, 2.05) is 24.3 Å². The molecule has 122 valence electrons. The molecule has 0 bridgehead atoms. The largest absolute Gasteiger partial charge is 2.00 e. The maximum Gasteiger partial charge on any atom is 2.00 e. The fraction of sp³-hybridized carbons (Fsp3) is 0.0909. The Morgan fingerprint density at radius 1 is 0.625 bits per heavy atom.